The number of fused-ring (bicyclic) bond motifs is 1. The normalized spacial score (nSPS) is 10.8. The van der Waals surface area contributed by atoms with Crippen LogP contribution in [0.5, 0.6) is 0 Å². The number of hydrogen-bond donors (Lipinski definition) is 1. The van der Waals surface area contributed by atoms with E-state index in [2.05, 4.69) is 32.8 Å². The second kappa shape index (κ2) is 4.19. The van der Waals surface area contributed by atoms with Crippen molar-refractivity contribution in [3.63, 3.8) is 0 Å². The third kappa shape index (κ3) is 1.79. The highest BCUT2D eigenvalue weighted by Gasteiger charge is 2.04. The van der Waals surface area contributed by atoms with Crippen molar-refractivity contribution >= 4 is 38.7 Å². The summed E-state index contributed by atoms with van der Waals surface area (Å²) < 4.78 is 1.12. The number of hydrogen-bond acceptors (Lipinski definition) is 5. The molecule has 0 bridgehead atoms. The molecule has 0 fully saturated rings. The molecule has 16 heavy (non-hydrogen) atoms. The molecule has 3 nitrogen and oxygen atoms in total. The molecule has 3 heterocycles. The maximum atomic E-state index is 4.27. The van der Waals surface area contributed by atoms with Crippen LogP contribution in [0.2, 0.25) is 0 Å². The van der Waals surface area contributed by atoms with Gasteiger partial charge in [0.15, 0.2) is 0 Å². The molecule has 0 amide bonds. The van der Waals surface area contributed by atoms with Crippen LogP contribution in [0.3, 0.4) is 0 Å². The first-order valence-electron chi connectivity index (χ1n) is 4.88. The van der Waals surface area contributed by atoms with Crippen molar-refractivity contribution < 1.29 is 0 Å². The van der Waals surface area contributed by atoms with E-state index in [0.717, 1.165) is 22.6 Å². The Kier molecular flexibility index (Phi) is 2.55. The van der Waals surface area contributed by atoms with Crippen LogP contribution in [-0.2, 0) is 6.54 Å². The maximum absolute atomic E-state index is 4.27. The highest BCUT2D eigenvalue weighted by Crippen LogP contribution is 2.25. The average molecular weight is 247 g/mol. The molecule has 0 saturated carbocycles. The van der Waals surface area contributed by atoms with Gasteiger partial charge in [0, 0.05) is 4.88 Å². The summed E-state index contributed by atoms with van der Waals surface area (Å²) in [4.78, 5) is 9.79. The van der Waals surface area contributed by atoms with E-state index >= 15 is 0 Å². The van der Waals surface area contributed by atoms with E-state index in [9.17, 15) is 0 Å². The number of aromatic nitrogens is 2. The number of anilines is 1. The summed E-state index contributed by atoms with van der Waals surface area (Å²) in [5.74, 6) is 0.924. The van der Waals surface area contributed by atoms with Crippen molar-refractivity contribution in [2.45, 2.75) is 6.54 Å². The Morgan fingerprint density at radius 1 is 1.12 bits per heavy atom. The van der Waals surface area contributed by atoms with E-state index in [4.69, 9.17) is 0 Å². The van der Waals surface area contributed by atoms with Gasteiger partial charge in [-0.05, 0) is 22.9 Å². The van der Waals surface area contributed by atoms with Gasteiger partial charge < -0.3 is 5.32 Å². The van der Waals surface area contributed by atoms with Crippen LogP contribution < -0.4 is 5.32 Å². The molecule has 1 N–H and O–H groups in total. The summed E-state index contributed by atoms with van der Waals surface area (Å²) in [6, 6.07) is 6.19. The zero-order chi connectivity index (χ0) is 10.8. The van der Waals surface area contributed by atoms with E-state index in [1.54, 1.807) is 29.0 Å². The smallest absolute Gasteiger partial charge is 0.147 e. The average Bonchev–Trinajstić information content (AvgIpc) is 2.97. The molecular weight excluding hydrogens is 238 g/mol. The molecule has 0 spiro atoms. The second-order valence-corrected chi connectivity index (χ2v) is 5.24. The summed E-state index contributed by atoms with van der Waals surface area (Å²) >= 11 is 3.41. The molecule has 0 aliphatic carbocycles. The van der Waals surface area contributed by atoms with Gasteiger partial charge in [0.2, 0.25) is 0 Å². The zero-order valence-corrected chi connectivity index (χ0v) is 10.0. The Hall–Kier alpha value is -1.46. The molecule has 0 saturated heterocycles. The van der Waals surface area contributed by atoms with Gasteiger partial charge in [0.1, 0.15) is 12.1 Å². The SMILES string of the molecule is c1csc(CNc2ncnc3ccsc23)c1. The fraction of sp³-hybridized carbons (Fsp3) is 0.0909. The van der Waals surface area contributed by atoms with E-state index in [0.29, 0.717) is 0 Å². The van der Waals surface area contributed by atoms with E-state index in [1.807, 2.05) is 11.4 Å². The largest absolute Gasteiger partial charge is 0.364 e. The summed E-state index contributed by atoms with van der Waals surface area (Å²) in [5.41, 5.74) is 1.01. The molecule has 5 heteroatoms. The molecule has 3 rings (SSSR count). The Bertz CT molecular complexity index is 586. The molecule has 0 radical (unpaired) electrons. The summed E-state index contributed by atoms with van der Waals surface area (Å²) in [6.45, 7) is 0.821. The number of nitrogens with zero attached hydrogens (tertiary/aromatic N) is 2. The third-order valence-corrected chi connectivity index (χ3v) is 4.04. The van der Waals surface area contributed by atoms with Gasteiger partial charge in [0.25, 0.3) is 0 Å². The lowest BCUT2D eigenvalue weighted by molar-refractivity contribution is 1.13. The van der Waals surface area contributed by atoms with Gasteiger partial charge >= 0.3 is 0 Å². The number of thiophene rings is 2. The van der Waals surface area contributed by atoms with Gasteiger partial charge in [-0.25, -0.2) is 9.97 Å². The predicted octanol–water partition coefficient (Wildman–Crippen LogP) is 3.36. The van der Waals surface area contributed by atoms with Crippen molar-refractivity contribution in [3.8, 4) is 0 Å². The quantitative estimate of drug-likeness (QED) is 0.771. The lowest BCUT2D eigenvalue weighted by atomic mass is 10.4. The molecule has 0 aliphatic rings. The van der Waals surface area contributed by atoms with Crippen LogP contribution in [0.4, 0.5) is 5.82 Å². The van der Waals surface area contributed by atoms with Crippen LogP contribution in [0.25, 0.3) is 10.2 Å². The van der Waals surface area contributed by atoms with Crippen molar-refractivity contribution in [2.75, 3.05) is 5.32 Å². The van der Waals surface area contributed by atoms with Crippen molar-refractivity contribution in [1.82, 2.24) is 9.97 Å². The van der Waals surface area contributed by atoms with Crippen LogP contribution in [-0.4, -0.2) is 9.97 Å². The monoisotopic (exact) mass is 247 g/mol. The first kappa shape index (κ1) is 9.74. The standard InChI is InChI=1S/C11H9N3S2/c1-2-8(15-4-1)6-12-11-10-9(3-5-16-10)13-7-14-11/h1-5,7H,6H2,(H,12,13,14). The molecule has 0 atom stereocenters. The highest BCUT2D eigenvalue weighted by atomic mass is 32.1. The molecule has 0 aliphatic heterocycles. The second-order valence-electron chi connectivity index (χ2n) is 3.29. The highest BCUT2D eigenvalue weighted by molar-refractivity contribution is 7.17. The lowest BCUT2D eigenvalue weighted by Crippen LogP contribution is -1.99. The predicted molar refractivity (Wildman–Crippen MR) is 69.1 cm³/mol. The van der Waals surface area contributed by atoms with Gasteiger partial charge in [-0.15, -0.1) is 22.7 Å². The van der Waals surface area contributed by atoms with Crippen LogP contribution >= 0.6 is 22.7 Å². The van der Waals surface area contributed by atoms with Gasteiger partial charge in [0.05, 0.1) is 16.8 Å². The van der Waals surface area contributed by atoms with Crippen molar-refractivity contribution in [3.05, 3.63) is 40.2 Å². The minimum absolute atomic E-state index is 0.821. The molecule has 0 unspecified atom stereocenters. The first-order chi connectivity index (χ1) is 7.93. The van der Waals surface area contributed by atoms with Gasteiger partial charge in [-0.2, -0.15) is 0 Å². The molecule has 0 aromatic carbocycles. The Morgan fingerprint density at radius 2 is 2.12 bits per heavy atom. The Morgan fingerprint density at radius 3 is 3.00 bits per heavy atom. The summed E-state index contributed by atoms with van der Waals surface area (Å²) in [5, 5.41) is 7.46. The van der Waals surface area contributed by atoms with Crippen LogP contribution in [0.1, 0.15) is 4.88 Å². The van der Waals surface area contributed by atoms with Gasteiger partial charge in [-0.3, -0.25) is 0 Å². The first-order valence-corrected chi connectivity index (χ1v) is 6.64. The number of rotatable bonds is 3. The van der Waals surface area contributed by atoms with Crippen molar-refractivity contribution in [1.29, 1.82) is 0 Å². The van der Waals surface area contributed by atoms with Crippen LogP contribution in [0.15, 0.2) is 35.3 Å². The topological polar surface area (TPSA) is 37.8 Å². The fourth-order valence-corrected chi connectivity index (χ4v) is 2.95. The Balaban J connectivity index is 1.86. The van der Waals surface area contributed by atoms with Gasteiger partial charge in [-0.1, -0.05) is 6.07 Å². The lowest BCUT2D eigenvalue weighted by Gasteiger charge is -2.03. The molecule has 3 aromatic heterocycles. The summed E-state index contributed by atoms with van der Waals surface area (Å²) in [6.07, 6.45) is 1.60. The minimum Gasteiger partial charge on any atom is -0.364 e. The van der Waals surface area contributed by atoms with E-state index < -0.39 is 0 Å². The summed E-state index contributed by atoms with van der Waals surface area (Å²) in [7, 11) is 0. The third-order valence-electron chi connectivity index (χ3n) is 2.25. The fourth-order valence-electron chi connectivity index (χ4n) is 1.50. The zero-order valence-electron chi connectivity index (χ0n) is 8.38. The molecule has 80 valence electrons. The Labute approximate surface area is 101 Å². The minimum atomic E-state index is 0.821. The van der Waals surface area contributed by atoms with Crippen LogP contribution in [0, 0.1) is 0 Å². The van der Waals surface area contributed by atoms with E-state index in [-0.39, 0.29) is 0 Å². The maximum Gasteiger partial charge on any atom is 0.147 e. The van der Waals surface area contributed by atoms with E-state index in [1.165, 1.54) is 4.88 Å². The molecule has 3 aromatic rings. The number of nitrogens with one attached hydrogen (secondary N) is 1. The van der Waals surface area contributed by atoms with Crippen molar-refractivity contribution in [2.24, 2.45) is 0 Å². The molecular formula is C11H9N3S2.